The minimum atomic E-state index is -1.30. The number of para-hydroxylation sites is 1. The van der Waals surface area contributed by atoms with E-state index in [0.717, 1.165) is 5.69 Å². The smallest absolute Gasteiger partial charge is 0.262 e. The predicted octanol–water partition coefficient (Wildman–Crippen LogP) is 3.41. The van der Waals surface area contributed by atoms with E-state index in [-0.39, 0.29) is 11.3 Å². The zero-order chi connectivity index (χ0) is 18.1. The summed E-state index contributed by atoms with van der Waals surface area (Å²) >= 11 is 6.22. The topological polar surface area (TPSA) is 65.7 Å². The molecule has 130 valence electrons. The largest absolute Gasteiger partial charge is 0.507 e. The highest BCUT2D eigenvalue weighted by Gasteiger charge is 2.26. The van der Waals surface area contributed by atoms with Crippen LogP contribution in [0.1, 0.15) is 18.7 Å². The van der Waals surface area contributed by atoms with E-state index < -0.39 is 11.8 Å². The Labute approximate surface area is 150 Å². The Kier molecular flexibility index (Phi) is 4.70. The highest BCUT2D eigenvalue weighted by atomic mass is 35.5. The number of benzene rings is 2. The number of hydrogen-bond acceptors (Lipinski definition) is 4. The van der Waals surface area contributed by atoms with E-state index in [9.17, 15) is 15.0 Å². The van der Waals surface area contributed by atoms with Crippen LogP contribution in [0.2, 0.25) is 5.02 Å². The molecule has 6 heteroatoms. The number of aliphatic hydroxyl groups is 1. The number of anilines is 1. The Morgan fingerprint density at radius 3 is 2.48 bits per heavy atom. The van der Waals surface area contributed by atoms with Crippen LogP contribution >= 0.6 is 11.6 Å². The summed E-state index contributed by atoms with van der Waals surface area (Å²) in [5.74, 6) is -0.286. The lowest BCUT2D eigenvalue weighted by Crippen LogP contribution is -2.34. The summed E-state index contributed by atoms with van der Waals surface area (Å²) in [6, 6.07) is 14.3. The van der Waals surface area contributed by atoms with Gasteiger partial charge in [-0.25, -0.2) is 0 Å². The number of hydrogen-bond donors (Lipinski definition) is 2. The van der Waals surface area contributed by atoms with Crippen molar-refractivity contribution in [1.82, 2.24) is 4.57 Å². The van der Waals surface area contributed by atoms with Crippen LogP contribution in [0.15, 0.2) is 53.3 Å². The zero-order valence-corrected chi connectivity index (χ0v) is 14.7. The Balaban J connectivity index is 2.24. The van der Waals surface area contributed by atoms with Gasteiger partial charge in [0.15, 0.2) is 6.23 Å². The first-order valence-corrected chi connectivity index (χ1v) is 8.35. The normalized spacial score (nSPS) is 12.3. The van der Waals surface area contributed by atoms with Crippen LogP contribution in [0.3, 0.4) is 0 Å². The lowest BCUT2D eigenvalue weighted by molar-refractivity contribution is 0.167. The lowest BCUT2D eigenvalue weighted by atomic mass is 10.1. The van der Waals surface area contributed by atoms with Gasteiger partial charge in [0.05, 0.1) is 15.9 Å². The van der Waals surface area contributed by atoms with Crippen LogP contribution in [-0.4, -0.2) is 21.3 Å². The first-order chi connectivity index (χ1) is 12.0. The van der Waals surface area contributed by atoms with Gasteiger partial charge in [-0.3, -0.25) is 4.79 Å². The number of fused-ring (bicyclic) bond motifs is 1. The number of nitrogens with zero attached hydrogens (tertiary/aromatic N) is 2. The number of aryl methyl sites for hydroxylation is 1. The fourth-order valence-corrected chi connectivity index (χ4v) is 3.32. The third kappa shape index (κ3) is 2.86. The van der Waals surface area contributed by atoms with Gasteiger partial charge in [0, 0.05) is 19.3 Å². The summed E-state index contributed by atoms with van der Waals surface area (Å²) in [6.45, 7) is 2.32. The number of pyridine rings is 1. The highest BCUT2D eigenvalue weighted by molar-refractivity contribution is 6.36. The fourth-order valence-electron chi connectivity index (χ4n) is 3.06. The van der Waals surface area contributed by atoms with E-state index in [0.29, 0.717) is 22.5 Å². The molecule has 5 nitrogen and oxygen atoms in total. The SMILES string of the molecule is CCN(c1ccccc1)C(O)c1c(O)c2c(Cl)cccc2n(C)c1=O. The van der Waals surface area contributed by atoms with Crippen LogP contribution in [0.5, 0.6) is 5.75 Å². The third-order valence-electron chi connectivity index (χ3n) is 4.36. The maximum atomic E-state index is 12.8. The molecule has 0 bridgehead atoms. The van der Waals surface area contributed by atoms with Crippen LogP contribution in [0.4, 0.5) is 5.69 Å². The van der Waals surface area contributed by atoms with Crippen molar-refractivity contribution in [2.45, 2.75) is 13.2 Å². The summed E-state index contributed by atoms with van der Waals surface area (Å²) in [6.07, 6.45) is -1.30. The Bertz CT molecular complexity index is 970. The second kappa shape index (κ2) is 6.78. The molecule has 1 unspecified atom stereocenters. The second-order valence-electron chi connectivity index (χ2n) is 5.76. The van der Waals surface area contributed by atoms with E-state index >= 15 is 0 Å². The zero-order valence-electron chi connectivity index (χ0n) is 14.0. The molecule has 0 radical (unpaired) electrons. The Morgan fingerprint density at radius 1 is 1.16 bits per heavy atom. The van der Waals surface area contributed by atoms with Gasteiger partial charge in [-0.05, 0) is 31.2 Å². The van der Waals surface area contributed by atoms with E-state index in [1.54, 1.807) is 30.1 Å². The van der Waals surface area contributed by atoms with Gasteiger partial charge in [-0.15, -0.1) is 0 Å². The molecule has 0 spiro atoms. The monoisotopic (exact) mass is 358 g/mol. The third-order valence-corrected chi connectivity index (χ3v) is 4.68. The van der Waals surface area contributed by atoms with Gasteiger partial charge in [-0.1, -0.05) is 35.9 Å². The summed E-state index contributed by atoms with van der Waals surface area (Å²) < 4.78 is 1.39. The average Bonchev–Trinajstić information content (AvgIpc) is 2.61. The molecule has 3 rings (SSSR count). The first kappa shape index (κ1) is 17.3. The van der Waals surface area contributed by atoms with Crippen molar-refractivity contribution in [2.75, 3.05) is 11.4 Å². The number of aromatic hydroxyl groups is 1. The highest BCUT2D eigenvalue weighted by Crippen LogP contribution is 2.36. The molecule has 25 heavy (non-hydrogen) atoms. The number of aromatic nitrogens is 1. The maximum absolute atomic E-state index is 12.8. The molecule has 2 N–H and O–H groups in total. The van der Waals surface area contributed by atoms with Gasteiger partial charge in [0.1, 0.15) is 11.3 Å². The van der Waals surface area contributed by atoms with Crippen LogP contribution < -0.4 is 10.5 Å². The van der Waals surface area contributed by atoms with Crippen molar-refractivity contribution in [3.63, 3.8) is 0 Å². The molecule has 0 amide bonds. The summed E-state index contributed by atoms with van der Waals surface area (Å²) in [5.41, 5.74) is 0.704. The predicted molar refractivity (Wildman–Crippen MR) is 100 cm³/mol. The minimum absolute atomic E-state index is 0.0891. The quantitative estimate of drug-likeness (QED) is 0.701. The van der Waals surface area contributed by atoms with Gasteiger partial charge in [0.25, 0.3) is 5.56 Å². The Morgan fingerprint density at radius 2 is 1.84 bits per heavy atom. The fraction of sp³-hybridized carbons (Fsp3) is 0.211. The van der Waals surface area contributed by atoms with Gasteiger partial charge >= 0.3 is 0 Å². The molecule has 1 heterocycles. The summed E-state index contributed by atoms with van der Waals surface area (Å²) in [7, 11) is 1.59. The molecule has 0 aliphatic carbocycles. The number of rotatable bonds is 4. The molecule has 0 saturated heterocycles. The van der Waals surface area contributed by atoms with Crippen molar-refractivity contribution in [3.8, 4) is 5.75 Å². The van der Waals surface area contributed by atoms with Crippen LogP contribution in [-0.2, 0) is 7.05 Å². The Hall–Kier alpha value is -2.50. The molecule has 1 atom stereocenters. The van der Waals surface area contributed by atoms with Crippen molar-refractivity contribution in [1.29, 1.82) is 0 Å². The van der Waals surface area contributed by atoms with Gasteiger partial charge in [-0.2, -0.15) is 0 Å². The van der Waals surface area contributed by atoms with Crippen molar-refractivity contribution in [2.24, 2.45) is 7.05 Å². The van der Waals surface area contributed by atoms with Gasteiger partial charge < -0.3 is 19.7 Å². The lowest BCUT2D eigenvalue weighted by Gasteiger charge is -2.29. The molecule has 0 saturated carbocycles. The molecule has 0 fully saturated rings. The summed E-state index contributed by atoms with van der Waals surface area (Å²) in [4.78, 5) is 14.4. The molecule has 2 aromatic carbocycles. The standard InChI is InChI=1S/C19H19ClN2O3/c1-3-22(12-8-5-4-6-9-12)19(25)16-17(23)15-13(20)10-7-11-14(15)21(2)18(16)24/h4-11,19,23,25H,3H2,1-2H3. The second-order valence-corrected chi connectivity index (χ2v) is 6.16. The van der Waals surface area contributed by atoms with E-state index in [4.69, 9.17) is 11.6 Å². The number of aliphatic hydroxyl groups excluding tert-OH is 1. The van der Waals surface area contributed by atoms with Crippen molar-refractivity contribution < 1.29 is 10.2 Å². The minimum Gasteiger partial charge on any atom is -0.507 e. The van der Waals surface area contributed by atoms with E-state index in [1.807, 2.05) is 37.3 Å². The average molecular weight is 359 g/mol. The number of halogens is 1. The molecule has 3 aromatic rings. The molecule has 0 aliphatic heterocycles. The molecular weight excluding hydrogens is 340 g/mol. The summed E-state index contributed by atoms with van der Waals surface area (Å²) in [5, 5.41) is 22.3. The maximum Gasteiger partial charge on any atom is 0.262 e. The van der Waals surface area contributed by atoms with Crippen LogP contribution in [0.25, 0.3) is 10.9 Å². The van der Waals surface area contributed by atoms with E-state index in [2.05, 4.69) is 0 Å². The van der Waals surface area contributed by atoms with Gasteiger partial charge in [0.2, 0.25) is 0 Å². The molecule has 0 aliphatic rings. The van der Waals surface area contributed by atoms with E-state index in [1.165, 1.54) is 4.57 Å². The van der Waals surface area contributed by atoms with Crippen molar-refractivity contribution >= 4 is 28.2 Å². The molecule has 1 aromatic heterocycles. The molecular formula is C19H19ClN2O3. The first-order valence-electron chi connectivity index (χ1n) is 7.97. The van der Waals surface area contributed by atoms with Crippen molar-refractivity contribution in [3.05, 3.63) is 69.5 Å². The van der Waals surface area contributed by atoms with Crippen LogP contribution in [0, 0.1) is 0 Å².